The van der Waals surface area contributed by atoms with E-state index in [0.29, 0.717) is 71.0 Å². The molecule has 282 valence electrons. The number of carbonyl (C=O) groups excluding carboxylic acids is 2. The number of anilines is 4. The number of benzene rings is 2. The van der Waals surface area contributed by atoms with Gasteiger partial charge in [0, 0.05) is 22.5 Å². The topological polar surface area (TPSA) is 203 Å². The van der Waals surface area contributed by atoms with Crippen LogP contribution in [-0.4, -0.2) is 62.7 Å². The van der Waals surface area contributed by atoms with Crippen LogP contribution >= 0.6 is 0 Å². The van der Waals surface area contributed by atoms with Crippen LogP contribution in [0, 0.1) is 27.7 Å². The van der Waals surface area contributed by atoms with Crippen LogP contribution in [0.15, 0.2) is 67.4 Å². The lowest BCUT2D eigenvalue weighted by molar-refractivity contribution is -0.345. The van der Waals surface area contributed by atoms with Crippen LogP contribution < -0.4 is 20.1 Å². The zero-order chi connectivity index (χ0) is 39.2. The Morgan fingerprint density at radius 3 is 1.10 bits per heavy atom. The predicted molar refractivity (Wildman–Crippen MR) is 164 cm³/mol. The normalized spacial score (nSPS) is 13.1. The fraction of sp³-hybridized carbons (Fsp3) is 0.286. The Kier molecular flexibility index (Phi) is 10.2. The van der Waals surface area contributed by atoms with Gasteiger partial charge < -0.3 is 19.7 Å². The smallest absolute Gasteiger partial charge is 0.337 e. The highest BCUT2D eigenvalue weighted by Gasteiger charge is 2.84. The Bertz CT molecular complexity index is 2070. The molecule has 0 bridgehead atoms. The molecule has 0 aliphatic rings. The van der Waals surface area contributed by atoms with Crippen molar-refractivity contribution in [2.24, 2.45) is 0 Å². The Morgan fingerprint density at radius 2 is 0.846 bits per heavy atom. The fourth-order valence-electron chi connectivity index (χ4n) is 3.92. The van der Waals surface area contributed by atoms with Crippen molar-refractivity contribution in [1.29, 1.82) is 0 Å². The van der Waals surface area contributed by atoms with Crippen molar-refractivity contribution in [2.75, 3.05) is 20.1 Å². The number of halogens is 8. The molecule has 0 saturated heterocycles. The van der Waals surface area contributed by atoms with Gasteiger partial charge in [0.25, 0.3) is 20.0 Å². The first-order valence-corrected chi connectivity index (χ1v) is 17.0. The van der Waals surface area contributed by atoms with E-state index in [1.54, 1.807) is 0 Å². The van der Waals surface area contributed by atoms with Crippen molar-refractivity contribution in [3.05, 3.63) is 71.0 Å². The lowest BCUT2D eigenvalue weighted by Gasteiger charge is -2.35. The maximum atomic E-state index is 14.6. The highest BCUT2D eigenvalue weighted by atomic mass is 32.2. The molecular weight excluding hydrogens is 764 g/mol. The van der Waals surface area contributed by atoms with Gasteiger partial charge in [-0.1, -0.05) is 10.3 Å². The van der Waals surface area contributed by atoms with Gasteiger partial charge in [-0.15, -0.1) is 0 Å². The summed E-state index contributed by atoms with van der Waals surface area (Å²) in [6.07, 6.45) is 0. The van der Waals surface area contributed by atoms with Crippen LogP contribution in [0.25, 0.3) is 0 Å². The third-order valence-corrected chi connectivity index (χ3v) is 10.1. The van der Waals surface area contributed by atoms with E-state index < -0.39 is 76.7 Å². The van der Waals surface area contributed by atoms with Gasteiger partial charge in [-0.05, 0) is 76.2 Å². The van der Waals surface area contributed by atoms with Crippen LogP contribution in [-0.2, 0) is 29.6 Å². The molecule has 0 atom stereocenters. The van der Waals surface area contributed by atoms with Crippen molar-refractivity contribution in [2.45, 2.75) is 61.2 Å². The van der Waals surface area contributed by atoms with Gasteiger partial charge in [0.1, 0.15) is 0 Å². The monoisotopic (exact) mass is 788 g/mol. The molecule has 4 rings (SSSR count). The van der Waals surface area contributed by atoms with E-state index in [0.717, 1.165) is 10.6 Å². The van der Waals surface area contributed by atoms with Gasteiger partial charge in [0.2, 0.25) is 11.8 Å². The molecule has 0 saturated carbocycles. The first-order valence-electron chi connectivity index (χ1n) is 14.0. The predicted octanol–water partition coefficient (Wildman–Crippen LogP) is 5.62. The van der Waals surface area contributed by atoms with E-state index in [-0.39, 0.29) is 11.8 Å². The lowest BCUT2D eigenvalue weighted by atomic mass is 9.97. The standard InChI is InChI=1S/C28H24F8N6O8S2/c1-13-15(3)39-49-21(13)41-51(45,46)19-9-5-17(6-10-19)37-23(43)25(29,30)27(33,34)28(35,36)26(31,32)24(44)38-18-7-11-20(12-8-18)52(47,48)42-22-14(2)16(4)40-50-22/h5-12,41-42H,1-4H3,(H,37,43)(H,38,44). The molecule has 4 N–H and O–H groups in total. The zero-order valence-corrected chi connectivity index (χ0v) is 28.3. The number of nitrogens with zero attached hydrogens (tertiary/aromatic N) is 2. The number of aromatic nitrogens is 2. The molecule has 4 aromatic rings. The summed E-state index contributed by atoms with van der Waals surface area (Å²) in [4.78, 5) is 23.0. The van der Waals surface area contributed by atoms with Crippen molar-refractivity contribution in [3.8, 4) is 0 Å². The van der Waals surface area contributed by atoms with Crippen molar-refractivity contribution in [3.63, 3.8) is 0 Å². The zero-order valence-electron chi connectivity index (χ0n) is 26.6. The Hall–Kier alpha value is -5.26. The first-order chi connectivity index (χ1) is 23.8. The van der Waals surface area contributed by atoms with Crippen LogP contribution in [0.2, 0.25) is 0 Å². The summed E-state index contributed by atoms with van der Waals surface area (Å²) >= 11 is 0. The SMILES string of the molecule is Cc1noc(NS(=O)(=O)c2ccc(NC(=O)C(F)(F)C(F)(F)C(F)(F)C(F)(F)C(=O)Nc3ccc(S(=O)(=O)Nc4onc(C)c4C)cc3)cc2)c1C. The Morgan fingerprint density at radius 1 is 0.558 bits per heavy atom. The molecule has 2 aromatic heterocycles. The second-order valence-electron chi connectivity index (χ2n) is 10.9. The number of sulfonamides is 2. The fourth-order valence-corrected chi connectivity index (χ4v) is 6.01. The molecule has 2 heterocycles. The average molecular weight is 789 g/mol. The molecule has 0 aliphatic carbocycles. The number of amides is 2. The van der Waals surface area contributed by atoms with Gasteiger partial charge in [-0.25, -0.2) is 26.3 Å². The highest BCUT2D eigenvalue weighted by molar-refractivity contribution is 7.93. The van der Waals surface area contributed by atoms with Crippen molar-refractivity contribution < 1.29 is 70.6 Å². The van der Waals surface area contributed by atoms with Gasteiger partial charge in [0.15, 0.2) is 0 Å². The number of aryl methyl sites for hydroxylation is 2. The maximum absolute atomic E-state index is 14.6. The van der Waals surface area contributed by atoms with Crippen LogP contribution in [0.1, 0.15) is 22.5 Å². The summed E-state index contributed by atoms with van der Waals surface area (Å²) in [5.74, 6) is -34.7. The van der Waals surface area contributed by atoms with E-state index in [4.69, 9.17) is 9.05 Å². The van der Waals surface area contributed by atoms with E-state index >= 15 is 0 Å². The highest BCUT2D eigenvalue weighted by Crippen LogP contribution is 2.53. The molecule has 0 unspecified atom stereocenters. The lowest BCUT2D eigenvalue weighted by Crippen LogP contribution is -2.67. The maximum Gasteiger partial charge on any atom is 0.393 e. The summed E-state index contributed by atoms with van der Waals surface area (Å²) in [6, 6.07) is 5.05. The molecule has 0 radical (unpaired) electrons. The summed E-state index contributed by atoms with van der Waals surface area (Å²) in [5.41, 5.74) is -0.430. The van der Waals surface area contributed by atoms with Crippen molar-refractivity contribution >= 4 is 55.0 Å². The Labute approximate surface area is 288 Å². The van der Waals surface area contributed by atoms with Crippen LogP contribution in [0.4, 0.5) is 58.3 Å². The summed E-state index contributed by atoms with van der Waals surface area (Å²) in [7, 11) is -8.85. The molecule has 0 aliphatic heterocycles. The molecule has 2 aromatic carbocycles. The van der Waals surface area contributed by atoms with E-state index in [1.807, 2.05) is 9.44 Å². The number of nitrogens with one attached hydrogen (secondary N) is 4. The third-order valence-electron chi connectivity index (χ3n) is 7.37. The van der Waals surface area contributed by atoms with Gasteiger partial charge in [-0.3, -0.25) is 9.59 Å². The molecule has 14 nitrogen and oxygen atoms in total. The minimum Gasteiger partial charge on any atom is -0.337 e. The van der Waals surface area contributed by atoms with E-state index in [9.17, 15) is 61.5 Å². The Balaban J connectivity index is 1.46. The van der Waals surface area contributed by atoms with Gasteiger partial charge in [0.05, 0.1) is 21.2 Å². The second kappa shape index (κ2) is 13.4. The molecule has 52 heavy (non-hydrogen) atoms. The van der Waals surface area contributed by atoms with Gasteiger partial charge >= 0.3 is 35.5 Å². The minimum atomic E-state index is -7.23. The molecule has 24 heteroatoms. The average Bonchev–Trinajstić information content (AvgIpc) is 3.54. The third kappa shape index (κ3) is 7.11. The van der Waals surface area contributed by atoms with Crippen molar-refractivity contribution in [1.82, 2.24) is 10.3 Å². The minimum absolute atomic E-state index is 0.283. The second-order valence-corrected chi connectivity index (χ2v) is 14.3. The van der Waals surface area contributed by atoms with Gasteiger partial charge in [-0.2, -0.15) is 35.1 Å². The molecule has 0 spiro atoms. The van der Waals surface area contributed by atoms with Crippen LogP contribution in [0.3, 0.4) is 0 Å². The largest absolute Gasteiger partial charge is 0.393 e. The molecular formula is C28H24F8N6O8S2. The quantitative estimate of drug-likeness (QED) is 0.123. The van der Waals surface area contributed by atoms with E-state index in [1.165, 1.54) is 27.7 Å². The number of carbonyl (C=O) groups is 2. The summed E-state index contributed by atoms with van der Waals surface area (Å²) in [5, 5.41) is 9.29. The molecule has 2 amide bonds. The number of rotatable bonds is 13. The summed E-state index contributed by atoms with van der Waals surface area (Å²) in [6.45, 7) is 5.92. The number of hydrogen-bond acceptors (Lipinski definition) is 10. The van der Waals surface area contributed by atoms with E-state index in [2.05, 4.69) is 10.3 Å². The number of hydrogen-bond donors (Lipinski definition) is 4. The summed E-state index contributed by atoms with van der Waals surface area (Å²) < 4.78 is 181. The van der Waals surface area contributed by atoms with Crippen LogP contribution in [0.5, 0.6) is 0 Å². The number of alkyl halides is 8. The molecule has 0 fully saturated rings. The first kappa shape index (κ1) is 39.5.